The first-order chi connectivity index (χ1) is 17.9. The number of hydrogen-bond donors (Lipinski definition) is 1. The molecule has 0 radical (unpaired) electrons. The van der Waals surface area contributed by atoms with Crippen LogP contribution < -0.4 is 9.47 Å². The quantitative estimate of drug-likeness (QED) is 0.228. The van der Waals surface area contributed by atoms with Gasteiger partial charge in [0, 0.05) is 17.7 Å². The molecule has 4 aromatic rings. The number of aryl methyl sites for hydroxylation is 2. The van der Waals surface area contributed by atoms with Crippen LogP contribution in [0.3, 0.4) is 0 Å². The van der Waals surface area contributed by atoms with Crippen LogP contribution in [0.1, 0.15) is 43.1 Å². The number of ether oxygens (including phenoxy) is 2. The molecule has 3 aromatic carbocycles. The van der Waals surface area contributed by atoms with Crippen molar-refractivity contribution in [2.45, 2.75) is 40.2 Å². The van der Waals surface area contributed by atoms with Gasteiger partial charge in [-0.2, -0.15) is 5.10 Å². The lowest BCUT2D eigenvalue weighted by molar-refractivity contribution is 0.0697. The summed E-state index contributed by atoms with van der Waals surface area (Å²) in [5, 5.41) is 14.6. The highest BCUT2D eigenvalue weighted by atomic mass is 16.5. The van der Waals surface area contributed by atoms with Gasteiger partial charge in [0.05, 0.1) is 30.2 Å². The molecule has 0 bridgehead atoms. The first-order valence-corrected chi connectivity index (χ1v) is 12.8. The van der Waals surface area contributed by atoms with E-state index in [0.717, 1.165) is 29.8 Å². The maximum Gasteiger partial charge on any atom is 0.335 e. The number of hydrogen-bond acceptors (Lipinski definition) is 4. The van der Waals surface area contributed by atoms with Crippen molar-refractivity contribution in [2.24, 2.45) is 5.92 Å². The van der Waals surface area contributed by atoms with Crippen molar-refractivity contribution in [3.05, 3.63) is 90.0 Å². The second-order valence-electron chi connectivity index (χ2n) is 9.47. The van der Waals surface area contributed by atoms with Gasteiger partial charge >= 0.3 is 5.97 Å². The third kappa shape index (κ3) is 6.79. The lowest BCUT2D eigenvalue weighted by Gasteiger charge is -2.13. The largest absolute Gasteiger partial charge is 0.494 e. The third-order valence-electron chi connectivity index (χ3n) is 5.91. The van der Waals surface area contributed by atoms with Crippen LogP contribution in [0, 0.1) is 5.92 Å². The number of nitrogens with zero attached hydrogens (tertiary/aromatic N) is 2. The summed E-state index contributed by atoms with van der Waals surface area (Å²) in [5.41, 5.74) is 4.67. The summed E-state index contributed by atoms with van der Waals surface area (Å²) >= 11 is 0. The van der Waals surface area contributed by atoms with Crippen LogP contribution in [0.2, 0.25) is 0 Å². The molecule has 0 atom stereocenters. The summed E-state index contributed by atoms with van der Waals surface area (Å²) in [4.78, 5) is 11.8. The highest BCUT2D eigenvalue weighted by Gasteiger charge is 2.18. The first kappa shape index (κ1) is 26.0. The molecule has 6 heteroatoms. The Balaban J connectivity index is 1.77. The second kappa shape index (κ2) is 12.3. The molecule has 0 saturated heterocycles. The first-order valence-electron chi connectivity index (χ1n) is 12.8. The fourth-order valence-corrected chi connectivity index (χ4v) is 4.04. The molecule has 0 aliphatic heterocycles. The average Bonchev–Trinajstić information content (AvgIpc) is 3.34. The number of carboxylic acids is 1. The van der Waals surface area contributed by atoms with Gasteiger partial charge < -0.3 is 14.6 Å². The Morgan fingerprint density at radius 3 is 2.51 bits per heavy atom. The average molecular weight is 499 g/mol. The van der Waals surface area contributed by atoms with Crippen LogP contribution in [-0.2, 0) is 13.0 Å². The number of aromatic carboxylic acids is 1. The predicted octanol–water partition coefficient (Wildman–Crippen LogP) is 6.98. The fourth-order valence-electron chi connectivity index (χ4n) is 4.04. The second-order valence-corrected chi connectivity index (χ2v) is 9.47. The minimum absolute atomic E-state index is 0.197. The Morgan fingerprint density at radius 1 is 0.973 bits per heavy atom. The predicted molar refractivity (Wildman–Crippen MR) is 146 cm³/mol. The van der Waals surface area contributed by atoms with Gasteiger partial charge in [0.1, 0.15) is 11.5 Å². The van der Waals surface area contributed by atoms with E-state index in [2.05, 4.69) is 32.9 Å². The van der Waals surface area contributed by atoms with Gasteiger partial charge in [0.25, 0.3) is 0 Å². The zero-order chi connectivity index (χ0) is 26.2. The van der Waals surface area contributed by atoms with E-state index >= 15 is 0 Å². The summed E-state index contributed by atoms with van der Waals surface area (Å²) in [6.07, 6.45) is 1.75. The molecule has 192 valence electrons. The van der Waals surface area contributed by atoms with Gasteiger partial charge in [0.15, 0.2) is 0 Å². The van der Waals surface area contributed by atoms with E-state index in [-0.39, 0.29) is 5.56 Å². The molecule has 0 fully saturated rings. The van der Waals surface area contributed by atoms with Gasteiger partial charge in [-0.3, -0.25) is 4.68 Å². The zero-order valence-electron chi connectivity index (χ0n) is 21.7. The molecule has 0 saturated carbocycles. The van der Waals surface area contributed by atoms with Gasteiger partial charge in [-0.05, 0) is 60.7 Å². The van der Waals surface area contributed by atoms with E-state index in [1.165, 1.54) is 5.56 Å². The topological polar surface area (TPSA) is 73.6 Å². The molecule has 0 aliphatic rings. The van der Waals surface area contributed by atoms with Crippen LogP contribution in [0.4, 0.5) is 0 Å². The normalized spacial score (nSPS) is 11.0. The Bertz CT molecular complexity index is 1330. The SMILES string of the molecule is CCCOc1cccc(-c2cc(-c3cc(C(=O)O)ccc3OCC(C)C)nn2CCc2ccccc2)c1. The molecule has 37 heavy (non-hydrogen) atoms. The maximum atomic E-state index is 11.8. The highest BCUT2D eigenvalue weighted by molar-refractivity contribution is 5.90. The molecule has 4 rings (SSSR count). The molecule has 1 heterocycles. The van der Waals surface area contributed by atoms with Crippen LogP contribution in [0.15, 0.2) is 78.9 Å². The zero-order valence-corrected chi connectivity index (χ0v) is 21.7. The summed E-state index contributed by atoms with van der Waals surface area (Å²) in [6.45, 7) is 8.09. The number of carbonyl (C=O) groups is 1. The summed E-state index contributed by atoms with van der Waals surface area (Å²) in [5.74, 6) is 0.779. The fraction of sp³-hybridized carbons (Fsp3) is 0.290. The van der Waals surface area contributed by atoms with E-state index in [4.69, 9.17) is 14.6 Å². The van der Waals surface area contributed by atoms with E-state index < -0.39 is 5.97 Å². The van der Waals surface area contributed by atoms with Crippen LogP contribution >= 0.6 is 0 Å². The molecule has 0 amide bonds. The Kier molecular flexibility index (Phi) is 8.62. The van der Waals surface area contributed by atoms with Crippen molar-refractivity contribution >= 4 is 5.97 Å². The molecule has 1 aromatic heterocycles. The van der Waals surface area contributed by atoms with Gasteiger partial charge in [-0.25, -0.2) is 4.79 Å². The van der Waals surface area contributed by atoms with Crippen LogP contribution in [0.25, 0.3) is 22.5 Å². The third-order valence-corrected chi connectivity index (χ3v) is 5.91. The number of rotatable bonds is 12. The van der Waals surface area contributed by atoms with E-state index in [9.17, 15) is 9.90 Å². The van der Waals surface area contributed by atoms with Gasteiger partial charge in [0.2, 0.25) is 0 Å². The van der Waals surface area contributed by atoms with E-state index in [0.29, 0.717) is 42.7 Å². The Morgan fingerprint density at radius 2 is 1.78 bits per heavy atom. The molecule has 6 nitrogen and oxygen atoms in total. The minimum Gasteiger partial charge on any atom is -0.494 e. The molecular formula is C31H34N2O4. The molecule has 0 aliphatic carbocycles. The van der Waals surface area contributed by atoms with Gasteiger partial charge in [-0.15, -0.1) is 0 Å². The molecular weight excluding hydrogens is 464 g/mol. The van der Waals surface area contributed by atoms with E-state index in [1.807, 2.05) is 53.2 Å². The van der Waals surface area contributed by atoms with Crippen molar-refractivity contribution < 1.29 is 19.4 Å². The minimum atomic E-state index is -0.985. The van der Waals surface area contributed by atoms with Gasteiger partial charge in [-0.1, -0.05) is 63.2 Å². The number of carboxylic acid groups (broad SMARTS) is 1. The molecule has 0 spiro atoms. The van der Waals surface area contributed by atoms with E-state index in [1.54, 1.807) is 18.2 Å². The molecule has 0 unspecified atom stereocenters. The van der Waals surface area contributed by atoms with Crippen molar-refractivity contribution in [1.29, 1.82) is 0 Å². The lowest BCUT2D eigenvalue weighted by atomic mass is 10.0. The smallest absolute Gasteiger partial charge is 0.335 e. The van der Waals surface area contributed by atoms with Crippen molar-refractivity contribution in [3.8, 4) is 34.0 Å². The van der Waals surface area contributed by atoms with Crippen LogP contribution in [-0.4, -0.2) is 34.1 Å². The number of aromatic nitrogens is 2. The Hall–Kier alpha value is -4.06. The van der Waals surface area contributed by atoms with Crippen molar-refractivity contribution in [1.82, 2.24) is 9.78 Å². The standard InChI is InChI=1S/C31H34N2O4/c1-4-17-36-26-12-8-11-24(18-26)29-20-28(32-33(29)16-15-23-9-6-5-7-10-23)27-19-25(31(34)35)13-14-30(27)37-21-22(2)3/h5-14,18-20,22H,4,15-17,21H2,1-3H3,(H,34,35). The highest BCUT2D eigenvalue weighted by Crippen LogP contribution is 2.34. The number of benzene rings is 3. The van der Waals surface area contributed by atoms with Crippen LogP contribution in [0.5, 0.6) is 11.5 Å². The monoisotopic (exact) mass is 498 g/mol. The molecule has 1 N–H and O–H groups in total. The summed E-state index contributed by atoms with van der Waals surface area (Å²) < 4.78 is 13.9. The summed E-state index contributed by atoms with van der Waals surface area (Å²) in [7, 11) is 0. The summed E-state index contributed by atoms with van der Waals surface area (Å²) in [6, 6.07) is 25.3. The maximum absolute atomic E-state index is 11.8. The van der Waals surface area contributed by atoms with Crippen molar-refractivity contribution in [3.63, 3.8) is 0 Å². The Labute approximate surface area is 218 Å². The lowest BCUT2D eigenvalue weighted by Crippen LogP contribution is -2.07. The van der Waals surface area contributed by atoms with Crippen molar-refractivity contribution in [2.75, 3.05) is 13.2 Å².